The van der Waals surface area contributed by atoms with Crippen molar-refractivity contribution in [1.82, 2.24) is 0 Å². The zero-order chi connectivity index (χ0) is 12.3. The number of nitrogens with two attached hydrogens (primary N) is 1. The fourth-order valence-corrected chi connectivity index (χ4v) is 2.46. The van der Waals surface area contributed by atoms with E-state index in [-0.39, 0.29) is 21.4 Å². The first-order chi connectivity index (χ1) is 8.42. The largest absolute Gasteiger partial charge is 0.395 e. The molecule has 0 bridgehead atoms. The van der Waals surface area contributed by atoms with Gasteiger partial charge < -0.3 is 10.3 Å². The van der Waals surface area contributed by atoms with Crippen molar-refractivity contribution in [2.75, 3.05) is 6.61 Å². The summed E-state index contributed by atoms with van der Waals surface area (Å²) < 4.78 is 0. The monoisotopic (exact) mass is 247 g/mol. The quantitative estimate of drug-likeness (QED) is 0.679. The van der Waals surface area contributed by atoms with Gasteiger partial charge in [-0.3, -0.25) is 0 Å². The summed E-state index contributed by atoms with van der Waals surface area (Å²) in [6.45, 7) is 0.189. The topological polar surface area (TPSA) is 66.5 Å². The summed E-state index contributed by atoms with van der Waals surface area (Å²) in [6.07, 6.45) is 0. The van der Waals surface area contributed by atoms with Crippen molar-refractivity contribution in [2.45, 2.75) is 13.3 Å². The zero-order valence-corrected chi connectivity index (χ0v) is 9.38. The Morgan fingerprint density at radius 1 is 0.889 bits per heavy atom. The van der Waals surface area contributed by atoms with Crippen molar-refractivity contribution >= 4 is 0 Å². The van der Waals surface area contributed by atoms with Gasteiger partial charge in [0.05, 0.1) is 6.61 Å². The van der Waals surface area contributed by atoms with Gasteiger partial charge in [0.25, 0.3) is 0 Å². The van der Waals surface area contributed by atoms with Crippen molar-refractivity contribution in [3.8, 4) is 11.1 Å². The Balaban J connectivity index is 0.000000776. The van der Waals surface area contributed by atoms with Crippen molar-refractivity contribution in [1.29, 1.82) is 0 Å². The molecular weight excluding hydrogens is 226 g/mol. The molecule has 0 saturated carbocycles. The Morgan fingerprint density at radius 2 is 1.28 bits per heavy atom. The van der Waals surface area contributed by atoms with E-state index in [0.29, 0.717) is 0 Å². The molecule has 18 heavy (non-hydrogen) atoms. The van der Waals surface area contributed by atoms with E-state index in [2.05, 4.69) is 42.3 Å². The van der Waals surface area contributed by atoms with Crippen LogP contribution in [0.5, 0.6) is 0 Å². The molecule has 1 aliphatic carbocycles. The Hall–Kier alpha value is -1.68. The predicted octanol–water partition coefficient (Wildman–Crippen LogP) is 3.01. The van der Waals surface area contributed by atoms with Gasteiger partial charge in [-0.2, -0.15) is 0 Å². The molecule has 3 heteroatoms. The predicted molar refractivity (Wildman–Crippen MR) is 75.6 cm³/mol. The number of aliphatic hydroxyl groups is 1. The average molecular weight is 247 g/mol. The highest BCUT2D eigenvalue weighted by Crippen LogP contribution is 2.43. The first-order valence-electron chi connectivity index (χ1n) is 5.46. The van der Waals surface area contributed by atoms with Crippen LogP contribution >= 0.6 is 0 Å². The number of hydrogen-bond donors (Lipinski definition) is 3. The molecule has 0 unspecified atom stereocenters. The molecule has 0 saturated heterocycles. The van der Waals surface area contributed by atoms with Crippen molar-refractivity contribution in [3.05, 3.63) is 59.7 Å². The lowest BCUT2D eigenvalue weighted by atomic mass is 9.98. The van der Waals surface area contributed by atoms with Gasteiger partial charge in [0.1, 0.15) is 0 Å². The number of fused-ring (bicyclic) bond motifs is 3. The minimum Gasteiger partial charge on any atom is -0.395 e. The fourth-order valence-electron chi connectivity index (χ4n) is 2.46. The molecular formula is C15H21NO2. The molecule has 98 valence electrons. The molecule has 2 aromatic rings. The van der Waals surface area contributed by atoms with E-state index >= 15 is 0 Å². The van der Waals surface area contributed by atoms with Gasteiger partial charge in [-0.15, -0.1) is 0 Å². The van der Waals surface area contributed by atoms with Crippen LogP contribution < -0.4 is 5.90 Å². The lowest BCUT2D eigenvalue weighted by Crippen LogP contribution is -2.01. The summed E-state index contributed by atoms with van der Waals surface area (Å²) in [5.41, 5.74) is 5.04. The molecule has 0 heterocycles. The fraction of sp³-hybridized carbons (Fsp3) is 0.200. The first kappa shape index (κ1) is 14.4. The molecule has 0 aliphatic heterocycles. The number of aliphatic hydroxyl groups excluding tert-OH is 1. The summed E-state index contributed by atoms with van der Waals surface area (Å²) in [5, 5.41) is 16.0. The minimum absolute atomic E-state index is 0. The van der Waals surface area contributed by atoms with Crippen LogP contribution in [0.2, 0.25) is 0 Å². The maximum Gasteiger partial charge on any atom is 0.0540 e. The van der Waals surface area contributed by atoms with Gasteiger partial charge in [-0.25, -0.2) is 5.90 Å². The highest BCUT2D eigenvalue weighted by molar-refractivity contribution is 5.78. The summed E-state index contributed by atoms with van der Waals surface area (Å²) in [7, 11) is 0. The summed E-state index contributed by atoms with van der Waals surface area (Å²) >= 11 is 0. The van der Waals surface area contributed by atoms with Gasteiger partial charge >= 0.3 is 0 Å². The number of hydrogen-bond acceptors (Lipinski definition) is 3. The van der Waals surface area contributed by atoms with Crippen LogP contribution in [0.25, 0.3) is 11.1 Å². The van der Waals surface area contributed by atoms with E-state index in [1.807, 2.05) is 12.1 Å². The Kier molecular flexibility index (Phi) is 5.04. The van der Waals surface area contributed by atoms with Crippen LogP contribution in [0.4, 0.5) is 0 Å². The third-order valence-corrected chi connectivity index (χ3v) is 3.15. The van der Waals surface area contributed by atoms with E-state index < -0.39 is 0 Å². The third kappa shape index (κ3) is 2.16. The minimum atomic E-state index is 0. The number of rotatable bonds is 1. The standard InChI is InChI=1S/C14H12O.CH4.H3NO.H2/c15-9-14-12-7-3-1-5-10(12)11-6-2-4-8-13(11)14;;1-2;/h1-8,14-15H,9H2;1H4;2H,1H2;1H. The van der Waals surface area contributed by atoms with Crippen LogP contribution in [0.15, 0.2) is 48.5 Å². The van der Waals surface area contributed by atoms with Crippen molar-refractivity contribution in [3.63, 3.8) is 0 Å². The van der Waals surface area contributed by atoms with E-state index in [0.717, 1.165) is 0 Å². The lowest BCUT2D eigenvalue weighted by molar-refractivity contribution is 0.282. The van der Waals surface area contributed by atoms with Crippen LogP contribution in [-0.4, -0.2) is 16.9 Å². The number of benzene rings is 2. The molecule has 1 aliphatic rings. The second-order valence-electron chi connectivity index (χ2n) is 3.91. The Bertz CT molecular complexity index is 472. The van der Waals surface area contributed by atoms with Gasteiger partial charge in [0, 0.05) is 7.34 Å². The van der Waals surface area contributed by atoms with Gasteiger partial charge in [-0.05, 0) is 22.3 Å². The maximum atomic E-state index is 9.46. The molecule has 0 spiro atoms. The second-order valence-corrected chi connectivity index (χ2v) is 3.91. The van der Waals surface area contributed by atoms with E-state index in [1.165, 1.54) is 22.3 Å². The average Bonchev–Trinajstić information content (AvgIpc) is 2.75. The molecule has 0 radical (unpaired) electrons. The molecule has 0 fully saturated rings. The third-order valence-electron chi connectivity index (χ3n) is 3.15. The smallest absolute Gasteiger partial charge is 0.0540 e. The Morgan fingerprint density at radius 3 is 1.67 bits per heavy atom. The molecule has 3 rings (SSSR count). The van der Waals surface area contributed by atoms with Gasteiger partial charge in [0.15, 0.2) is 0 Å². The highest BCUT2D eigenvalue weighted by atomic mass is 16.4. The van der Waals surface area contributed by atoms with E-state index in [4.69, 9.17) is 5.21 Å². The van der Waals surface area contributed by atoms with E-state index in [9.17, 15) is 5.11 Å². The first-order valence-corrected chi connectivity index (χ1v) is 5.46. The van der Waals surface area contributed by atoms with Gasteiger partial charge in [0.2, 0.25) is 0 Å². The molecule has 0 atom stereocenters. The second kappa shape index (κ2) is 6.31. The summed E-state index contributed by atoms with van der Waals surface area (Å²) in [4.78, 5) is 0. The maximum absolute atomic E-state index is 9.46. The summed E-state index contributed by atoms with van der Waals surface area (Å²) in [6, 6.07) is 16.6. The zero-order valence-electron chi connectivity index (χ0n) is 9.38. The van der Waals surface area contributed by atoms with Crippen LogP contribution in [0, 0.1) is 0 Å². The van der Waals surface area contributed by atoms with Crippen molar-refractivity contribution in [2.24, 2.45) is 5.90 Å². The molecule has 0 amide bonds. The SMILES string of the molecule is C.NO.OCC1c2ccccc2-c2ccccc21.[HH]. The Labute approximate surface area is 109 Å². The molecule has 2 aromatic carbocycles. The molecule has 4 N–H and O–H groups in total. The normalized spacial score (nSPS) is 11.7. The van der Waals surface area contributed by atoms with Gasteiger partial charge in [-0.1, -0.05) is 56.0 Å². The van der Waals surface area contributed by atoms with Crippen LogP contribution in [0.3, 0.4) is 0 Å². The van der Waals surface area contributed by atoms with Crippen molar-refractivity contribution < 1.29 is 11.7 Å². The summed E-state index contributed by atoms with van der Waals surface area (Å²) in [5.74, 6) is 3.66. The van der Waals surface area contributed by atoms with E-state index in [1.54, 1.807) is 0 Å². The van der Waals surface area contributed by atoms with Crippen LogP contribution in [-0.2, 0) is 0 Å². The van der Waals surface area contributed by atoms with Crippen LogP contribution in [0.1, 0.15) is 25.9 Å². The highest BCUT2D eigenvalue weighted by Gasteiger charge is 2.26. The molecule has 3 nitrogen and oxygen atoms in total. The lowest BCUT2D eigenvalue weighted by Gasteiger charge is -2.08. The molecule has 0 aromatic heterocycles.